The molecule has 1 aromatic heterocycles. The molecule has 0 aromatic carbocycles. The average molecular weight is 292 g/mol. The lowest BCUT2D eigenvalue weighted by Crippen LogP contribution is -2.25. The minimum Gasteiger partial charge on any atom is -0.397 e. The molecular weight excluding hydrogens is 290 g/mol. The minimum absolute atomic E-state index is 0.384. The molecule has 0 amide bonds. The number of rotatable bonds is 2. The standard InChI is InChI=1S/C7H2F6N2O4/c8-6(9,10)2-1-3(19-7(11,12)13)4(15(17)18)14-5(2)16/h1H,(H,14,16). The third-order valence-corrected chi connectivity index (χ3v) is 1.70. The highest BCUT2D eigenvalue weighted by atomic mass is 19.4. The lowest BCUT2D eigenvalue weighted by Gasteiger charge is -2.11. The number of halogens is 6. The van der Waals surface area contributed by atoms with Crippen molar-refractivity contribution < 1.29 is 36.0 Å². The van der Waals surface area contributed by atoms with Crippen LogP contribution in [0.2, 0.25) is 0 Å². The van der Waals surface area contributed by atoms with Gasteiger partial charge in [0.25, 0.3) is 0 Å². The van der Waals surface area contributed by atoms with E-state index in [0.29, 0.717) is 0 Å². The average Bonchev–Trinajstić information content (AvgIpc) is 2.15. The highest BCUT2D eigenvalue weighted by Gasteiger charge is 2.40. The van der Waals surface area contributed by atoms with Gasteiger partial charge in [-0.2, -0.15) is 18.2 Å². The van der Waals surface area contributed by atoms with Crippen LogP contribution in [0.25, 0.3) is 0 Å². The van der Waals surface area contributed by atoms with Gasteiger partial charge in [-0.05, 0) is 4.92 Å². The van der Waals surface area contributed by atoms with Crippen LogP contribution in [0, 0.1) is 10.1 Å². The molecule has 0 unspecified atom stereocenters. The van der Waals surface area contributed by atoms with Gasteiger partial charge in [0.1, 0.15) is 5.56 Å². The van der Waals surface area contributed by atoms with Crippen LogP contribution in [0.4, 0.5) is 32.2 Å². The maximum Gasteiger partial charge on any atom is 0.573 e. The van der Waals surface area contributed by atoms with Gasteiger partial charge in [0.2, 0.25) is 5.75 Å². The first-order valence-electron chi connectivity index (χ1n) is 4.16. The zero-order valence-corrected chi connectivity index (χ0v) is 8.43. The van der Waals surface area contributed by atoms with Crippen molar-refractivity contribution in [3.63, 3.8) is 0 Å². The van der Waals surface area contributed by atoms with Gasteiger partial charge < -0.3 is 14.9 Å². The Hall–Kier alpha value is -2.27. The summed E-state index contributed by atoms with van der Waals surface area (Å²) in [5, 5.41) is 10.3. The summed E-state index contributed by atoms with van der Waals surface area (Å²) in [6.45, 7) is 0. The number of nitro groups is 1. The predicted molar refractivity (Wildman–Crippen MR) is 45.4 cm³/mol. The summed E-state index contributed by atoms with van der Waals surface area (Å²) >= 11 is 0. The topological polar surface area (TPSA) is 85.2 Å². The Morgan fingerprint density at radius 1 is 1.21 bits per heavy atom. The summed E-state index contributed by atoms with van der Waals surface area (Å²) in [6.07, 6.45) is -10.7. The van der Waals surface area contributed by atoms with Gasteiger partial charge in [0, 0.05) is 6.07 Å². The van der Waals surface area contributed by atoms with E-state index in [1.165, 1.54) is 0 Å². The molecule has 6 nitrogen and oxygen atoms in total. The number of ether oxygens (including phenoxy) is 1. The van der Waals surface area contributed by atoms with Crippen LogP contribution in [0.5, 0.6) is 5.75 Å². The number of alkyl halides is 6. The molecular formula is C7H2F6N2O4. The maximum atomic E-state index is 12.3. The van der Waals surface area contributed by atoms with E-state index in [1.54, 1.807) is 0 Å². The second kappa shape index (κ2) is 4.44. The summed E-state index contributed by atoms with van der Waals surface area (Å²) in [7, 11) is 0. The molecule has 0 aliphatic carbocycles. The van der Waals surface area contributed by atoms with E-state index in [-0.39, 0.29) is 6.07 Å². The molecule has 1 heterocycles. The molecule has 0 aliphatic heterocycles. The molecule has 0 aliphatic rings. The van der Waals surface area contributed by atoms with Crippen molar-refractivity contribution in [2.45, 2.75) is 12.5 Å². The minimum atomic E-state index is -5.45. The molecule has 12 heteroatoms. The number of pyridine rings is 1. The fourth-order valence-corrected chi connectivity index (χ4v) is 1.05. The Morgan fingerprint density at radius 2 is 1.74 bits per heavy atom. The summed E-state index contributed by atoms with van der Waals surface area (Å²) in [5.74, 6) is -3.39. The molecule has 0 spiro atoms. The van der Waals surface area contributed by atoms with E-state index in [2.05, 4.69) is 4.74 Å². The molecule has 0 saturated heterocycles. The van der Waals surface area contributed by atoms with E-state index >= 15 is 0 Å². The summed E-state index contributed by atoms with van der Waals surface area (Å²) in [5.41, 5.74) is -3.99. The molecule has 106 valence electrons. The van der Waals surface area contributed by atoms with E-state index in [0.717, 1.165) is 4.98 Å². The molecule has 0 radical (unpaired) electrons. The fourth-order valence-electron chi connectivity index (χ4n) is 1.05. The number of aromatic nitrogens is 1. The third kappa shape index (κ3) is 3.59. The Morgan fingerprint density at radius 3 is 2.11 bits per heavy atom. The highest BCUT2D eigenvalue weighted by Crippen LogP contribution is 2.34. The first-order valence-corrected chi connectivity index (χ1v) is 4.16. The normalized spacial score (nSPS) is 12.3. The zero-order chi connectivity index (χ0) is 15.0. The monoisotopic (exact) mass is 292 g/mol. The zero-order valence-electron chi connectivity index (χ0n) is 8.43. The Kier molecular flexibility index (Phi) is 3.45. The highest BCUT2D eigenvalue weighted by molar-refractivity contribution is 5.42. The van der Waals surface area contributed by atoms with Crippen LogP contribution < -0.4 is 10.3 Å². The van der Waals surface area contributed by atoms with E-state index in [9.17, 15) is 41.3 Å². The van der Waals surface area contributed by atoms with Crippen molar-refractivity contribution in [1.82, 2.24) is 4.98 Å². The largest absolute Gasteiger partial charge is 0.573 e. The van der Waals surface area contributed by atoms with Crippen LogP contribution >= 0.6 is 0 Å². The molecule has 0 bridgehead atoms. The van der Waals surface area contributed by atoms with Crippen LogP contribution in [0.3, 0.4) is 0 Å². The first kappa shape index (κ1) is 14.8. The SMILES string of the molecule is O=c1[nH]c([N+](=O)[O-])c(OC(F)(F)F)cc1C(F)(F)F. The first-order chi connectivity index (χ1) is 8.42. The molecule has 1 rings (SSSR count). The number of hydrogen-bond donors (Lipinski definition) is 1. The van der Waals surface area contributed by atoms with Gasteiger partial charge in [-0.15, -0.1) is 13.2 Å². The van der Waals surface area contributed by atoms with Crippen LogP contribution in [-0.2, 0) is 6.18 Å². The molecule has 0 fully saturated rings. The lowest BCUT2D eigenvalue weighted by molar-refractivity contribution is -0.393. The van der Waals surface area contributed by atoms with Gasteiger partial charge >= 0.3 is 23.9 Å². The fraction of sp³-hybridized carbons (Fsp3) is 0.286. The molecule has 1 N–H and O–H groups in total. The van der Waals surface area contributed by atoms with Crippen LogP contribution in [-0.4, -0.2) is 16.3 Å². The summed E-state index contributed by atoms with van der Waals surface area (Å²) in [4.78, 5) is 20.8. The Bertz CT molecular complexity index is 560. The number of nitrogens with zero attached hydrogens (tertiary/aromatic N) is 1. The molecule has 1 aromatic rings. The number of H-pyrrole nitrogens is 1. The molecule has 0 saturated carbocycles. The van der Waals surface area contributed by atoms with E-state index in [4.69, 9.17) is 0 Å². The predicted octanol–water partition coefficient (Wildman–Crippen LogP) is 2.20. The van der Waals surface area contributed by atoms with E-state index < -0.39 is 40.2 Å². The van der Waals surface area contributed by atoms with Gasteiger partial charge in [0.15, 0.2) is 0 Å². The smallest absolute Gasteiger partial charge is 0.397 e. The summed E-state index contributed by atoms with van der Waals surface area (Å²) < 4.78 is 75.6. The number of aromatic amines is 1. The number of hydrogen-bond acceptors (Lipinski definition) is 4. The van der Waals surface area contributed by atoms with Crippen molar-refractivity contribution in [2.75, 3.05) is 0 Å². The third-order valence-electron chi connectivity index (χ3n) is 1.70. The second-order valence-corrected chi connectivity index (χ2v) is 3.03. The van der Waals surface area contributed by atoms with Crippen molar-refractivity contribution in [1.29, 1.82) is 0 Å². The lowest BCUT2D eigenvalue weighted by atomic mass is 10.2. The maximum absolute atomic E-state index is 12.3. The van der Waals surface area contributed by atoms with Crippen molar-refractivity contribution in [3.8, 4) is 5.75 Å². The van der Waals surface area contributed by atoms with Crippen molar-refractivity contribution in [2.24, 2.45) is 0 Å². The van der Waals surface area contributed by atoms with Crippen LogP contribution in [0.1, 0.15) is 5.56 Å². The quantitative estimate of drug-likeness (QED) is 0.514. The second-order valence-electron chi connectivity index (χ2n) is 3.03. The van der Waals surface area contributed by atoms with Gasteiger partial charge in [-0.25, -0.2) is 4.79 Å². The van der Waals surface area contributed by atoms with Gasteiger partial charge in [-0.1, -0.05) is 0 Å². The van der Waals surface area contributed by atoms with E-state index in [1.807, 2.05) is 0 Å². The Labute approximate surface area is 98.3 Å². The summed E-state index contributed by atoms with van der Waals surface area (Å²) in [6, 6.07) is -0.384. The van der Waals surface area contributed by atoms with Crippen molar-refractivity contribution >= 4 is 5.82 Å². The van der Waals surface area contributed by atoms with Crippen LogP contribution in [0.15, 0.2) is 10.9 Å². The van der Waals surface area contributed by atoms with Gasteiger partial charge in [0.05, 0.1) is 0 Å². The van der Waals surface area contributed by atoms with Gasteiger partial charge in [-0.3, -0.25) is 0 Å². The molecule has 0 atom stereocenters. The Balaban J connectivity index is 3.49. The van der Waals surface area contributed by atoms with Crippen molar-refractivity contribution in [3.05, 3.63) is 32.1 Å². The number of nitrogens with one attached hydrogen (secondary N) is 1. The molecule has 19 heavy (non-hydrogen) atoms.